The Morgan fingerprint density at radius 3 is 2.37 bits per heavy atom. The van der Waals surface area contributed by atoms with Crippen molar-refractivity contribution >= 4 is 12.0 Å². The fourth-order valence-electron chi connectivity index (χ4n) is 2.87. The zero-order valence-corrected chi connectivity index (χ0v) is 17.4. The maximum atomic E-state index is 12.2. The van der Waals surface area contributed by atoms with Crippen LogP contribution < -0.4 is 19.5 Å². The summed E-state index contributed by atoms with van der Waals surface area (Å²) < 4.78 is 17.7. The first-order chi connectivity index (χ1) is 14.5. The van der Waals surface area contributed by atoms with Crippen LogP contribution in [0.15, 0.2) is 48.9 Å². The van der Waals surface area contributed by atoms with Crippen molar-refractivity contribution in [2.75, 3.05) is 21.3 Å². The molecular formula is C22H24N4O4. The maximum Gasteiger partial charge on any atom is 0.244 e. The van der Waals surface area contributed by atoms with Gasteiger partial charge in [-0.3, -0.25) is 14.5 Å². The summed E-state index contributed by atoms with van der Waals surface area (Å²) >= 11 is 0. The molecule has 2 heterocycles. The molecule has 1 N–H and O–H groups in total. The van der Waals surface area contributed by atoms with Crippen molar-refractivity contribution in [3.05, 3.63) is 60.1 Å². The molecule has 1 amide bonds. The fourth-order valence-corrected chi connectivity index (χ4v) is 2.87. The van der Waals surface area contributed by atoms with Crippen LogP contribution in [0.4, 0.5) is 0 Å². The van der Waals surface area contributed by atoms with Gasteiger partial charge >= 0.3 is 0 Å². The lowest BCUT2D eigenvalue weighted by Gasteiger charge is -2.12. The number of hydrogen-bond donors (Lipinski definition) is 1. The summed E-state index contributed by atoms with van der Waals surface area (Å²) in [5.41, 5.74) is 3.43. The van der Waals surface area contributed by atoms with Crippen LogP contribution in [0, 0.1) is 0 Å². The second kappa shape index (κ2) is 9.60. The van der Waals surface area contributed by atoms with E-state index in [4.69, 9.17) is 14.2 Å². The van der Waals surface area contributed by atoms with Gasteiger partial charge in [0.1, 0.15) is 0 Å². The van der Waals surface area contributed by atoms with Crippen LogP contribution in [0.5, 0.6) is 17.2 Å². The third kappa shape index (κ3) is 4.96. The van der Waals surface area contributed by atoms with Crippen LogP contribution in [0.25, 0.3) is 17.3 Å². The highest BCUT2D eigenvalue weighted by molar-refractivity contribution is 5.91. The van der Waals surface area contributed by atoms with Gasteiger partial charge in [0.15, 0.2) is 11.5 Å². The van der Waals surface area contributed by atoms with Crippen molar-refractivity contribution in [2.24, 2.45) is 7.05 Å². The smallest absolute Gasteiger partial charge is 0.244 e. The number of nitrogens with zero attached hydrogens (tertiary/aromatic N) is 3. The highest BCUT2D eigenvalue weighted by Gasteiger charge is 2.12. The molecule has 1 aromatic carbocycles. The molecule has 0 spiro atoms. The van der Waals surface area contributed by atoms with E-state index < -0.39 is 0 Å². The van der Waals surface area contributed by atoms with Crippen molar-refractivity contribution < 1.29 is 19.0 Å². The fraction of sp³-hybridized carbons (Fsp3) is 0.227. The Balaban J connectivity index is 1.61. The number of nitrogens with one attached hydrogen (secondary N) is 1. The molecule has 8 nitrogen and oxygen atoms in total. The van der Waals surface area contributed by atoms with Crippen LogP contribution >= 0.6 is 0 Å². The molecule has 0 atom stereocenters. The lowest BCUT2D eigenvalue weighted by molar-refractivity contribution is -0.116. The number of carbonyl (C=O) groups is 1. The summed E-state index contributed by atoms with van der Waals surface area (Å²) in [6.07, 6.45) is 8.54. The molecule has 0 saturated heterocycles. The van der Waals surface area contributed by atoms with Crippen molar-refractivity contribution in [2.45, 2.75) is 6.54 Å². The van der Waals surface area contributed by atoms with Crippen molar-refractivity contribution in [3.63, 3.8) is 0 Å². The monoisotopic (exact) mass is 408 g/mol. The Morgan fingerprint density at radius 2 is 1.83 bits per heavy atom. The number of hydrogen-bond acceptors (Lipinski definition) is 6. The number of aromatic nitrogens is 3. The summed E-state index contributed by atoms with van der Waals surface area (Å²) in [5, 5.41) is 6.98. The van der Waals surface area contributed by atoms with Crippen LogP contribution in [-0.4, -0.2) is 42.0 Å². The zero-order valence-electron chi connectivity index (χ0n) is 17.4. The number of carbonyl (C=O) groups excluding carboxylic acids is 1. The van der Waals surface area contributed by atoms with Crippen molar-refractivity contribution in [3.8, 4) is 28.5 Å². The molecule has 0 unspecified atom stereocenters. The van der Waals surface area contributed by atoms with Crippen LogP contribution in [0.3, 0.4) is 0 Å². The molecular weight excluding hydrogens is 384 g/mol. The average Bonchev–Trinajstić information content (AvgIpc) is 3.21. The van der Waals surface area contributed by atoms with Crippen LogP contribution in [0.1, 0.15) is 11.1 Å². The minimum Gasteiger partial charge on any atom is -0.493 e. The molecule has 156 valence electrons. The number of aryl methyl sites for hydroxylation is 1. The van der Waals surface area contributed by atoms with Gasteiger partial charge in [-0.2, -0.15) is 5.10 Å². The summed E-state index contributed by atoms with van der Waals surface area (Å²) in [6.45, 7) is 0.374. The maximum absolute atomic E-state index is 12.2. The van der Waals surface area contributed by atoms with E-state index in [1.165, 1.54) is 6.08 Å². The Morgan fingerprint density at radius 1 is 1.10 bits per heavy atom. The van der Waals surface area contributed by atoms with Crippen LogP contribution in [-0.2, 0) is 18.4 Å². The van der Waals surface area contributed by atoms with Crippen LogP contribution in [0.2, 0.25) is 0 Å². The van der Waals surface area contributed by atoms with E-state index in [1.807, 2.05) is 25.4 Å². The highest BCUT2D eigenvalue weighted by Crippen LogP contribution is 2.38. The lowest BCUT2D eigenvalue weighted by atomic mass is 10.1. The quantitative estimate of drug-likeness (QED) is 0.577. The van der Waals surface area contributed by atoms with E-state index in [9.17, 15) is 4.79 Å². The minimum absolute atomic E-state index is 0.222. The molecule has 0 aliphatic carbocycles. The Bertz CT molecular complexity index is 1020. The summed E-state index contributed by atoms with van der Waals surface area (Å²) in [7, 11) is 6.50. The topological polar surface area (TPSA) is 87.5 Å². The number of pyridine rings is 1. The summed E-state index contributed by atoms with van der Waals surface area (Å²) in [5.74, 6) is 1.33. The lowest BCUT2D eigenvalue weighted by Crippen LogP contribution is -2.20. The van der Waals surface area contributed by atoms with Gasteiger partial charge in [0.25, 0.3) is 0 Å². The van der Waals surface area contributed by atoms with Gasteiger partial charge in [-0.15, -0.1) is 0 Å². The van der Waals surface area contributed by atoms with Crippen molar-refractivity contribution in [1.29, 1.82) is 0 Å². The van der Waals surface area contributed by atoms with Crippen molar-refractivity contribution in [1.82, 2.24) is 20.1 Å². The third-order valence-electron chi connectivity index (χ3n) is 4.41. The van der Waals surface area contributed by atoms with Gasteiger partial charge in [-0.1, -0.05) is 6.07 Å². The van der Waals surface area contributed by atoms with E-state index in [1.54, 1.807) is 56.6 Å². The van der Waals surface area contributed by atoms with Gasteiger partial charge in [0.2, 0.25) is 11.7 Å². The van der Waals surface area contributed by atoms with E-state index in [0.29, 0.717) is 23.8 Å². The van der Waals surface area contributed by atoms with E-state index in [2.05, 4.69) is 15.4 Å². The predicted molar refractivity (Wildman–Crippen MR) is 113 cm³/mol. The predicted octanol–water partition coefficient (Wildman–Crippen LogP) is 2.84. The van der Waals surface area contributed by atoms with Gasteiger partial charge in [0.05, 0.1) is 33.2 Å². The molecule has 3 rings (SSSR count). The number of rotatable bonds is 8. The first-order valence-electron chi connectivity index (χ1n) is 9.24. The normalized spacial score (nSPS) is 10.8. The SMILES string of the molecule is COc1cc(/C=C/C(=O)NCc2ccc(-c3cnn(C)c3)nc2)cc(OC)c1OC. The largest absolute Gasteiger partial charge is 0.493 e. The molecule has 0 radical (unpaired) electrons. The molecule has 0 saturated carbocycles. The van der Waals surface area contributed by atoms with E-state index in [-0.39, 0.29) is 5.91 Å². The van der Waals surface area contributed by atoms with Gasteiger partial charge < -0.3 is 19.5 Å². The Labute approximate surface area is 175 Å². The van der Waals surface area contributed by atoms with E-state index in [0.717, 1.165) is 22.4 Å². The molecule has 2 aromatic heterocycles. The minimum atomic E-state index is -0.222. The molecule has 0 aliphatic heterocycles. The van der Waals surface area contributed by atoms with Gasteiger partial charge in [-0.25, -0.2) is 0 Å². The first-order valence-corrected chi connectivity index (χ1v) is 9.24. The zero-order chi connectivity index (χ0) is 21.5. The Hall–Kier alpha value is -3.81. The summed E-state index contributed by atoms with van der Waals surface area (Å²) in [4.78, 5) is 16.6. The highest BCUT2D eigenvalue weighted by atomic mass is 16.5. The summed E-state index contributed by atoms with van der Waals surface area (Å²) in [6, 6.07) is 7.38. The molecule has 30 heavy (non-hydrogen) atoms. The van der Waals surface area contributed by atoms with E-state index >= 15 is 0 Å². The average molecular weight is 408 g/mol. The second-order valence-corrected chi connectivity index (χ2v) is 6.46. The molecule has 3 aromatic rings. The number of benzene rings is 1. The molecule has 0 aliphatic rings. The molecule has 8 heteroatoms. The standard InChI is InChI=1S/C22H24N4O4/c1-26-14-17(13-25-26)18-7-5-16(11-23-18)12-24-21(27)8-6-15-9-19(28-2)22(30-4)20(10-15)29-3/h5-11,13-14H,12H2,1-4H3,(H,24,27)/b8-6+. The first kappa shape index (κ1) is 20.9. The van der Waals surface area contributed by atoms with Gasteiger partial charge in [-0.05, 0) is 35.4 Å². The Kier molecular flexibility index (Phi) is 6.69. The second-order valence-electron chi connectivity index (χ2n) is 6.46. The van der Waals surface area contributed by atoms with Gasteiger partial charge in [0, 0.05) is 37.6 Å². The number of amides is 1. The number of methoxy groups -OCH3 is 3. The molecule has 0 bridgehead atoms. The number of ether oxygens (including phenoxy) is 3. The molecule has 0 fully saturated rings. The third-order valence-corrected chi connectivity index (χ3v) is 4.41.